The van der Waals surface area contributed by atoms with E-state index >= 15 is 0 Å². The molecule has 2 heterocycles. The predicted molar refractivity (Wildman–Crippen MR) is 112 cm³/mol. The molecule has 3 aromatic rings. The van der Waals surface area contributed by atoms with Crippen LogP contribution >= 0.6 is 0 Å². The minimum Gasteiger partial charge on any atom is -0.397 e. The molecule has 0 atom stereocenters. The quantitative estimate of drug-likeness (QED) is 0.410. The lowest BCUT2D eigenvalue weighted by Crippen LogP contribution is -2.20. The van der Waals surface area contributed by atoms with Crippen molar-refractivity contribution in [3.05, 3.63) is 54.3 Å². The third-order valence-electron chi connectivity index (χ3n) is 4.58. The van der Waals surface area contributed by atoms with E-state index in [2.05, 4.69) is 15.0 Å². The highest BCUT2D eigenvalue weighted by atomic mass is 32.2. The van der Waals surface area contributed by atoms with Gasteiger partial charge < -0.3 is 5.73 Å². The number of hydrogen-bond donors (Lipinski definition) is 1. The second kappa shape index (κ2) is 8.54. The summed E-state index contributed by atoms with van der Waals surface area (Å²) in [7, 11) is -3.81. The average molecular weight is 487 g/mol. The number of allylic oxidation sites excluding steroid dienone is 2. The first-order chi connectivity index (χ1) is 15.2. The SMILES string of the molecule is CCS(=O)(=O)c1cc(N=CC=C(N)C(C)(F)F)ccc1-c1cn2cnc(C(F)(F)F)cc2n1. The van der Waals surface area contributed by atoms with E-state index in [1.165, 1.54) is 35.7 Å². The van der Waals surface area contributed by atoms with Crippen molar-refractivity contribution >= 4 is 27.4 Å². The van der Waals surface area contributed by atoms with Crippen LogP contribution in [0.1, 0.15) is 19.5 Å². The fourth-order valence-corrected chi connectivity index (χ4v) is 3.86. The normalized spacial score (nSPS) is 13.8. The van der Waals surface area contributed by atoms with Gasteiger partial charge >= 0.3 is 6.18 Å². The topological polar surface area (TPSA) is 103 Å². The summed E-state index contributed by atoms with van der Waals surface area (Å²) in [5.41, 5.74) is 3.70. The molecule has 0 aliphatic heterocycles. The van der Waals surface area contributed by atoms with Crippen molar-refractivity contribution in [2.24, 2.45) is 10.7 Å². The molecule has 33 heavy (non-hydrogen) atoms. The van der Waals surface area contributed by atoms with Gasteiger partial charge in [-0.1, -0.05) is 6.92 Å². The van der Waals surface area contributed by atoms with Crippen LogP contribution in [-0.4, -0.2) is 40.7 Å². The Morgan fingerprint density at radius 1 is 1.21 bits per heavy atom. The number of halogens is 5. The van der Waals surface area contributed by atoms with Crippen molar-refractivity contribution < 1.29 is 30.4 Å². The summed E-state index contributed by atoms with van der Waals surface area (Å²) < 4.78 is 91.6. The zero-order valence-electron chi connectivity index (χ0n) is 17.3. The number of aromatic nitrogens is 3. The lowest BCUT2D eigenvalue weighted by molar-refractivity contribution is -0.141. The van der Waals surface area contributed by atoms with Gasteiger partial charge in [-0.2, -0.15) is 13.2 Å². The lowest BCUT2D eigenvalue weighted by Gasteiger charge is -2.09. The van der Waals surface area contributed by atoms with E-state index in [1.54, 1.807) is 0 Å². The molecule has 0 unspecified atom stereocenters. The van der Waals surface area contributed by atoms with E-state index in [1.807, 2.05) is 0 Å². The number of sulfone groups is 1. The maximum atomic E-state index is 13.1. The molecule has 13 heteroatoms. The third kappa shape index (κ3) is 5.35. The van der Waals surface area contributed by atoms with Gasteiger partial charge in [0.25, 0.3) is 5.92 Å². The van der Waals surface area contributed by atoms with Gasteiger partial charge in [0.1, 0.15) is 17.7 Å². The van der Waals surface area contributed by atoms with Gasteiger partial charge in [0.05, 0.1) is 27.7 Å². The van der Waals surface area contributed by atoms with Crippen molar-refractivity contribution in [2.45, 2.75) is 30.8 Å². The number of fused-ring (bicyclic) bond motifs is 1. The zero-order valence-corrected chi connectivity index (χ0v) is 18.1. The molecule has 0 fully saturated rings. The van der Waals surface area contributed by atoms with Gasteiger partial charge in [-0.25, -0.2) is 27.2 Å². The molecular weight excluding hydrogens is 469 g/mol. The summed E-state index contributed by atoms with van der Waals surface area (Å²) >= 11 is 0. The van der Waals surface area contributed by atoms with Crippen LogP contribution in [0.2, 0.25) is 0 Å². The number of benzene rings is 1. The van der Waals surface area contributed by atoms with Crippen molar-refractivity contribution in [1.82, 2.24) is 14.4 Å². The number of rotatable bonds is 6. The highest BCUT2D eigenvalue weighted by Gasteiger charge is 2.33. The molecule has 0 spiro atoms. The molecule has 7 nitrogen and oxygen atoms in total. The van der Waals surface area contributed by atoms with Crippen LogP contribution in [0.3, 0.4) is 0 Å². The number of alkyl halides is 5. The lowest BCUT2D eigenvalue weighted by atomic mass is 10.1. The first-order valence-electron chi connectivity index (χ1n) is 9.39. The van der Waals surface area contributed by atoms with Gasteiger partial charge in [0.2, 0.25) is 0 Å². The summed E-state index contributed by atoms with van der Waals surface area (Å²) in [4.78, 5) is 11.2. The molecule has 0 radical (unpaired) electrons. The van der Waals surface area contributed by atoms with E-state index in [9.17, 15) is 30.4 Å². The van der Waals surface area contributed by atoms with Gasteiger partial charge in [-0.3, -0.25) is 9.39 Å². The van der Waals surface area contributed by atoms with Crippen LogP contribution in [0.5, 0.6) is 0 Å². The third-order valence-corrected chi connectivity index (χ3v) is 6.35. The fraction of sp³-hybridized carbons (Fsp3) is 0.250. The molecule has 0 saturated heterocycles. The average Bonchev–Trinajstić information content (AvgIpc) is 3.15. The Kier molecular flexibility index (Phi) is 6.29. The minimum absolute atomic E-state index is 0.0737. The van der Waals surface area contributed by atoms with E-state index in [0.29, 0.717) is 6.92 Å². The Morgan fingerprint density at radius 2 is 1.91 bits per heavy atom. The van der Waals surface area contributed by atoms with Gasteiger partial charge in [0, 0.05) is 31.0 Å². The maximum Gasteiger partial charge on any atom is 0.433 e. The first-order valence-corrected chi connectivity index (χ1v) is 11.0. The molecule has 0 aliphatic rings. The molecule has 0 saturated carbocycles. The molecule has 2 aromatic heterocycles. The molecule has 0 aliphatic carbocycles. The predicted octanol–water partition coefficient (Wildman–Crippen LogP) is 4.41. The van der Waals surface area contributed by atoms with Crippen molar-refractivity contribution in [2.75, 3.05) is 5.75 Å². The number of hydrogen-bond acceptors (Lipinski definition) is 6. The van der Waals surface area contributed by atoms with E-state index in [-0.39, 0.29) is 33.2 Å². The molecule has 176 valence electrons. The maximum absolute atomic E-state index is 13.1. The molecular formula is C20H18F5N5O2S. The van der Waals surface area contributed by atoms with E-state index in [0.717, 1.165) is 24.7 Å². The zero-order chi connectivity index (χ0) is 24.6. The smallest absolute Gasteiger partial charge is 0.397 e. The van der Waals surface area contributed by atoms with E-state index in [4.69, 9.17) is 5.73 Å². The first kappa shape index (κ1) is 24.3. The number of nitrogens with zero attached hydrogens (tertiary/aromatic N) is 4. The van der Waals surface area contributed by atoms with Crippen LogP contribution in [0.15, 0.2) is 58.5 Å². The molecule has 0 amide bonds. The molecule has 1 aromatic carbocycles. The van der Waals surface area contributed by atoms with Crippen LogP contribution in [0.25, 0.3) is 16.9 Å². The van der Waals surface area contributed by atoms with Crippen LogP contribution in [0, 0.1) is 0 Å². The Morgan fingerprint density at radius 3 is 2.52 bits per heavy atom. The standard InChI is InChI=1S/C20H18F5N5O2S/c1-3-33(31,32)15-8-12(27-7-6-16(26)19(2,21)22)4-5-13(15)14-10-30-11-28-17(20(23,24)25)9-18(30)29-14/h4-11H,3,26H2,1-2H3. The van der Waals surface area contributed by atoms with Gasteiger partial charge in [-0.15, -0.1) is 0 Å². The fourth-order valence-electron chi connectivity index (χ4n) is 2.74. The Bertz CT molecular complexity index is 1360. The monoisotopic (exact) mass is 487 g/mol. The Balaban J connectivity index is 2.09. The summed E-state index contributed by atoms with van der Waals surface area (Å²) in [5, 5.41) is 0. The van der Waals surface area contributed by atoms with E-state index < -0.39 is 33.3 Å². The highest BCUT2D eigenvalue weighted by molar-refractivity contribution is 7.91. The Hall–Kier alpha value is -3.35. The molecule has 2 N–H and O–H groups in total. The number of nitrogens with two attached hydrogens (primary N) is 1. The summed E-state index contributed by atoms with van der Waals surface area (Å²) in [5.74, 6) is -3.51. The van der Waals surface area contributed by atoms with Crippen molar-refractivity contribution in [3.8, 4) is 11.3 Å². The summed E-state index contributed by atoms with van der Waals surface area (Å²) in [6.07, 6.45) is -0.470. The molecule has 3 rings (SSSR count). The van der Waals surface area contributed by atoms with Crippen LogP contribution in [0.4, 0.5) is 27.6 Å². The second-order valence-corrected chi connectivity index (χ2v) is 9.28. The summed E-state index contributed by atoms with van der Waals surface area (Å²) in [6, 6.07) is 4.77. The van der Waals surface area contributed by atoms with Crippen molar-refractivity contribution in [3.63, 3.8) is 0 Å². The highest BCUT2D eigenvalue weighted by Crippen LogP contribution is 2.33. The summed E-state index contributed by atoms with van der Waals surface area (Å²) in [6.45, 7) is 2.04. The Labute approximate surface area is 185 Å². The number of aliphatic imine (C=N–C) groups is 1. The van der Waals surface area contributed by atoms with Gasteiger partial charge in [0.15, 0.2) is 9.84 Å². The van der Waals surface area contributed by atoms with Crippen molar-refractivity contribution in [1.29, 1.82) is 0 Å². The van der Waals surface area contributed by atoms with Crippen LogP contribution < -0.4 is 5.73 Å². The molecule has 0 bridgehead atoms. The van der Waals surface area contributed by atoms with Crippen LogP contribution in [-0.2, 0) is 16.0 Å². The second-order valence-electron chi connectivity index (χ2n) is 7.04. The largest absolute Gasteiger partial charge is 0.433 e. The minimum atomic E-state index is -4.66. The number of imidazole rings is 1. The van der Waals surface area contributed by atoms with Gasteiger partial charge in [-0.05, 0) is 24.3 Å².